The highest BCUT2D eigenvalue weighted by Gasteiger charge is 2.34. The second-order valence-corrected chi connectivity index (χ2v) is 5.01. The van der Waals surface area contributed by atoms with Gasteiger partial charge < -0.3 is 15.3 Å². The molecule has 3 aromatic rings. The van der Waals surface area contributed by atoms with Gasteiger partial charge in [-0.1, -0.05) is 0 Å². The van der Waals surface area contributed by atoms with Crippen molar-refractivity contribution in [3.8, 4) is 11.6 Å². The number of aromatic nitrogens is 4. The van der Waals surface area contributed by atoms with Crippen LogP contribution in [0, 0.1) is 0 Å². The quantitative estimate of drug-likeness (QED) is 0.620. The van der Waals surface area contributed by atoms with Gasteiger partial charge in [0.15, 0.2) is 11.6 Å². The van der Waals surface area contributed by atoms with Gasteiger partial charge in [0.25, 0.3) is 0 Å². The summed E-state index contributed by atoms with van der Waals surface area (Å²) >= 11 is 0. The fourth-order valence-electron chi connectivity index (χ4n) is 2.68. The van der Waals surface area contributed by atoms with Crippen molar-refractivity contribution < 1.29 is 9.59 Å². The van der Waals surface area contributed by atoms with Crippen LogP contribution in [0.2, 0.25) is 0 Å². The van der Waals surface area contributed by atoms with Crippen LogP contribution in [-0.2, 0) is 9.59 Å². The molecule has 1 aliphatic rings. The van der Waals surface area contributed by atoms with E-state index in [1.54, 1.807) is 24.5 Å². The molecule has 0 bridgehead atoms. The van der Waals surface area contributed by atoms with Gasteiger partial charge >= 0.3 is 0 Å². The predicted octanol–water partition coefficient (Wildman–Crippen LogP) is 1.58. The maximum atomic E-state index is 11.8. The van der Waals surface area contributed by atoms with Crippen molar-refractivity contribution >= 4 is 28.4 Å². The van der Waals surface area contributed by atoms with Crippen molar-refractivity contribution in [3.05, 3.63) is 30.1 Å². The second kappa shape index (κ2) is 4.02. The molecule has 7 heteroatoms. The fourth-order valence-corrected chi connectivity index (χ4v) is 2.68. The van der Waals surface area contributed by atoms with Crippen LogP contribution in [0.3, 0.4) is 0 Å². The molecular weight excluding hydrogens is 270 g/mol. The predicted molar refractivity (Wildman–Crippen MR) is 75.7 cm³/mol. The van der Waals surface area contributed by atoms with E-state index in [0.29, 0.717) is 28.4 Å². The average Bonchev–Trinajstić information content (AvgIpc) is 3.11. The van der Waals surface area contributed by atoms with E-state index in [4.69, 9.17) is 0 Å². The molecule has 1 aromatic carbocycles. The molecule has 7 nitrogen and oxygen atoms in total. The number of aromatic amines is 2. The van der Waals surface area contributed by atoms with E-state index in [1.165, 1.54) is 6.92 Å². The maximum absolute atomic E-state index is 11.8. The number of hydrogen-bond donors (Lipinski definition) is 3. The highest BCUT2D eigenvalue weighted by Crippen LogP contribution is 2.36. The zero-order valence-corrected chi connectivity index (χ0v) is 11.1. The Morgan fingerprint density at radius 1 is 1.29 bits per heavy atom. The molecule has 3 N–H and O–H groups in total. The fraction of sp³-hybridized carbons (Fsp3) is 0.143. The Balaban J connectivity index is 1.89. The van der Waals surface area contributed by atoms with Gasteiger partial charge in [0, 0.05) is 18.1 Å². The molecular formula is C14H11N5O2. The lowest BCUT2D eigenvalue weighted by Crippen LogP contribution is -2.18. The standard InChI is InChI=1S/C14H11N5O2/c1-6(20)11-7-4-9-10(5-8(7)19-14(11)21)18-13(17-9)12-15-2-3-16-12/h2-5,11H,1H3,(H,15,16)(H,17,18)(H,19,21). The molecule has 0 saturated carbocycles. The van der Waals surface area contributed by atoms with E-state index in [2.05, 4.69) is 25.3 Å². The third-order valence-electron chi connectivity index (χ3n) is 3.61. The topological polar surface area (TPSA) is 104 Å². The first-order valence-corrected chi connectivity index (χ1v) is 6.48. The number of nitrogens with one attached hydrogen (secondary N) is 3. The van der Waals surface area contributed by atoms with Crippen LogP contribution >= 0.6 is 0 Å². The molecule has 0 aliphatic carbocycles. The van der Waals surface area contributed by atoms with Crippen LogP contribution < -0.4 is 5.32 Å². The normalized spacial score (nSPS) is 17.0. The van der Waals surface area contributed by atoms with Gasteiger partial charge in [0.1, 0.15) is 11.7 Å². The number of nitrogens with zero attached hydrogens (tertiary/aromatic N) is 2. The van der Waals surface area contributed by atoms with Crippen LogP contribution in [0.25, 0.3) is 22.7 Å². The first-order valence-electron chi connectivity index (χ1n) is 6.48. The third kappa shape index (κ3) is 1.67. The molecule has 1 amide bonds. The summed E-state index contributed by atoms with van der Waals surface area (Å²) in [6, 6.07) is 3.57. The smallest absolute Gasteiger partial charge is 0.239 e. The highest BCUT2D eigenvalue weighted by molar-refractivity contribution is 6.17. The Hall–Kier alpha value is -2.96. The van der Waals surface area contributed by atoms with Crippen molar-refractivity contribution in [3.63, 3.8) is 0 Å². The van der Waals surface area contributed by atoms with Crippen molar-refractivity contribution in [2.24, 2.45) is 0 Å². The molecule has 2 aromatic heterocycles. The zero-order valence-electron chi connectivity index (χ0n) is 11.1. The van der Waals surface area contributed by atoms with Gasteiger partial charge in [0.05, 0.1) is 11.0 Å². The number of carbonyl (C=O) groups is 2. The summed E-state index contributed by atoms with van der Waals surface area (Å²) in [5.41, 5.74) is 2.81. The first-order chi connectivity index (χ1) is 10.1. The summed E-state index contributed by atoms with van der Waals surface area (Å²) in [5.74, 6) is 0.0652. The largest absolute Gasteiger partial charge is 0.342 e. The summed E-state index contributed by atoms with van der Waals surface area (Å²) < 4.78 is 0. The summed E-state index contributed by atoms with van der Waals surface area (Å²) in [7, 11) is 0. The van der Waals surface area contributed by atoms with E-state index in [0.717, 1.165) is 5.52 Å². The number of ketones is 1. The minimum Gasteiger partial charge on any atom is -0.342 e. The summed E-state index contributed by atoms with van der Waals surface area (Å²) in [4.78, 5) is 38.2. The van der Waals surface area contributed by atoms with Gasteiger partial charge in [0.2, 0.25) is 5.91 Å². The molecule has 0 fully saturated rings. The summed E-state index contributed by atoms with van der Waals surface area (Å²) in [5, 5.41) is 2.73. The van der Waals surface area contributed by atoms with Gasteiger partial charge in [-0.2, -0.15) is 0 Å². The molecule has 0 spiro atoms. The Labute approximate surface area is 118 Å². The number of amides is 1. The number of Topliss-reactive ketones (excluding diaryl/α,β-unsaturated/α-hetero) is 1. The lowest BCUT2D eigenvalue weighted by Gasteiger charge is -2.03. The zero-order chi connectivity index (χ0) is 14.6. The summed E-state index contributed by atoms with van der Waals surface area (Å²) in [6.07, 6.45) is 3.36. The van der Waals surface area contributed by atoms with Crippen molar-refractivity contribution in [1.82, 2.24) is 19.9 Å². The van der Waals surface area contributed by atoms with E-state index in [-0.39, 0.29) is 11.7 Å². The van der Waals surface area contributed by atoms with Crippen LogP contribution in [0.4, 0.5) is 5.69 Å². The molecule has 104 valence electrons. The molecule has 3 heterocycles. The van der Waals surface area contributed by atoms with Crippen LogP contribution in [0.5, 0.6) is 0 Å². The highest BCUT2D eigenvalue weighted by atomic mass is 16.2. The molecule has 0 saturated heterocycles. The molecule has 21 heavy (non-hydrogen) atoms. The average molecular weight is 281 g/mol. The number of H-pyrrole nitrogens is 2. The van der Waals surface area contributed by atoms with Gasteiger partial charge in [-0.05, 0) is 24.6 Å². The SMILES string of the molecule is CC(=O)C1C(=O)Nc2cc3nc(-c4ncc[nH]4)[nH]c3cc21. The molecule has 1 unspecified atom stereocenters. The van der Waals surface area contributed by atoms with E-state index in [1.807, 2.05) is 0 Å². The molecule has 4 rings (SSSR count). The number of rotatable bonds is 2. The number of fused-ring (bicyclic) bond motifs is 2. The third-order valence-corrected chi connectivity index (χ3v) is 3.61. The monoisotopic (exact) mass is 281 g/mol. The number of anilines is 1. The van der Waals surface area contributed by atoms with E-state index >= 15 is 0 Å². The van der Waals surface area contributed by atoms with Crippen LogP contribution in [0.15, 0.2) is 24.5 Å². The second-order valence-electron chi connectivity index (χ2n) is 5.01. The van der Waals surface area contributed by atoms with Crippen LogP contribution in [0.1, 0.15) is 18.4 Å². The van der Waals surface area contributed by atoms with Crippen molar-refractivity contribution in [1.29, 1.82) is 0 Å². The van der Waals surface area contributed by atoms with E-state index < -0.39 is 5.92 Å². The molecule has 1 aliphatic heterocycles. The minimum absolute atomic E-state index is 0.170. The number of carbonyl (C=O) groups excluding carboxylic acids is 2. The van der Waals surface area contributed by atoms with E-state index in [9.17, 15) is 9.59 Å². The molecule has 1 atom stereocenters. The minimum atomic E-state index is -0.736. The summed E-state index contributed by atoms with van der Waals surface area (Å²) in [6.45, 7) is 1.42. The number of benzene rings is 1. The Bertz CT molecular complexity index is 878. The van der Waals surface area contributed by atoms with Crippen molar-refractivity contribution in [2.75, 3.05) is 5.32 Å². The lowest BCUT2D eigenvalue weighted by atomic mass is 9.97. The molecule has 0 radical (unpaired) electrons. The maximum Gasteiger partial charge on any atom is 0.239 e. The Morgan fingerprint density at radius 3 is 2.86 bits per heavy atom. The van der Waals surface area contributed by atoms with Crippen LogP contribution in [-0.4, -0.2) is 31.6 Å². The van der Waals surface area contributed by atoms with Gasteiger partial charge in [-0.25, -0.2) is 9.97 Å². The number of imidazole rings is 2. The first kappa shape index (κ1) is 11.8. The van der Waals surface area contributed by atoms with Crippen molar-refractivity contribution in [2.45, 2.75) is 12.8 Å². The Kier molecular flexibility index (Phi) is 2.26. The van der Waals surface area contributed by atoms with Gasteiger partial charge in [-0.15, -0.1) is 0 Å². The van der Waals surface area contributed by atoms with Gasteiger partial charge in [-0.3, -0.25) is 9.59 Å². The Morgan fingerprint density at radius 2 is 2.14 bits per heavy atom. The number of hydrogen-bond acceptors (Lipinski definition) is 4. The lowest BCUT2D eigenvalue weighted by molar-refractivity contribution is -0.125.